The van der Waals surface area contributed by atoms with Gasteiger partial charge in [0, 0.05) is 16.6 Å². The van der Waals surface area contributed by atoms with Gasteiger partial charge in [-0.2, -0.15) is 0 Å². The van der Waals surface area contributed by atoms with Crippen LogP contribution in [0.1, 0.15) is 24.5 Å². The number of benzene rings is 2. The molecule has 0 aliphatic heterocycles. The van der Waals surface area contributed by atoms with Gasteiger partial charge >= 0.3 is 0 Å². The van der Waals surface area contributed by atoms with Crippen molar-refractivity contribution in [1.29, 1.82) is 0 Å². The molecule has 0 saturated heterocycles. The molecule has 112 valence electrons. The minimum absolute atomic E-state index is 0.219. The van der Waals surface area contributed by atoms with Gasteiger partial charge in [-0.3, -0.25) is 0 Å². The molecule has 2 nitrogen and oxygen atoms in total. The summed E-state index contributed by atoms with van der Waals surface area (Å²) in [5, 5.41) is 3.35. The van der Waals surface area contributed by atoms with Gasteiger partial charge in [0.05, 0.1) is 0 Å². The molecular weight excluding hydrogens is 333 g/mol. The molecule has 0 fully saturated rings. The van der Waals surface area contributed by atoms with Crippen molar-refractivity contribution in [2.45, 2.75) is 26.5 Å². The first kappa shape index (κ1) is 16.0. The standard InChI is InChI=1S/C17H19BrFNO/c1-2-8-20-11-13-4-3-5-16(9-13)21-12-14-10-15(18)6-7-17(14)19/h3-7,9-10,20H,2,8,11-12H2,1H3. The Morgan fingerprint density at radius 2 is 2.05 bits per heavy atom. The second-order valence-corrected chi connectivity index (χ2v) is 5.76. The average Bonchev–Trinajstić information content (AvgIpc) is 2.49. The number of hydrogen-bond donors (Lipinski definition) is 1. The largest absolute Gasteiger partial charge is 0.489 e. The topological polar surface area (TPSA) is 21.3 Å². The predicted octanol–water partition coefficient (Wildman–Crippen LogP) is 4.67. The summed E-state index contributed by atoms with van der Waals surface area (Å²) in [6.45, 7) is 4.17. The predicted molar refractivity (Wildman–Crippen MR) is 86.9 cm³/mol. The zero-order valence-electron chi connectivity index (χ0n) is 12.0. The van der Waals surface area contributed by atoms with Crippen molar-refractivity contribution < 1.29 is 9.13 Å². The average molecular weight is 352 g/mol. The zero-order chi connectivity index (χ0) is 15.1. The summed E-state index contributed by atoms with van der Waals surface area (Å²) in [7, 11) is 0. The molecule has 0 aromatic heterocycles. The fraction of sp³-hybridized carbons (Fsp3) is 0.294. The molecule has 2 rings (SSSR count). The molecule has 2 aromatic rings. The number of ether oxygens (including phenoxy) is 1. The molecule has 0 saturated carbocycles. The summed E-state index contributed by atoms with van der Waals surface area (Å²) in [4.78, 5) is 0. The van der Waals surface area contributed by atoms with Crippen LogP contribution in [0.5, 0.6) is 5.75 Å². The fourth-order valence-corrected chi connectivity index (χ4v) is 2.38. The molecule has 2 aromatic carbocycles. The lowest BCUT2D eigenvalue weighted by molar-refractivity contribution is 0.299. The highest BCUT2D eigenvalue weighted by Crippen LogP contribution is 2.19. The Morgan fingerprint density at radius 1 is 1.19 bits per heavy atom. The Labute approximate surface area is 133 Å². The highest BCUT2D eigenvalue weighted by atomic mass is 79.9. The molecule has 0 atom stereocenters. The number of halogens is 2. The maximum absolute atomic E-state index is 13.6. The molecule has 0 spiro atoms. The van der Waals surface area contributed by atoms with Crippen LogP contribution in [0.3, 0.4) is 0 Å². The molecule has 0 radical (unpaired) electrons. The van der Waals surface area contributed by atoms with Crippen LogP contribution in [0.4, 0.5) is 4.39 Å². The third kappa shape index (κ3) is 5.14. The van der Waals surface area contributed by atoms with E-state index in [-0.39, 0.29) is 12.4 Å². The van der Waals surface area contributed by atoms with Gasteiger partial charge in [0.15, 0.2) is 0 Å². The van der Waals surface area contributed by atoms with Gasteiger partial charge in [0.2, 0.25) is 0 Å². The molecule has 0 unspecified atom stereocenters. The van der Waals surface area contributed by atoms with E-state index in [1.807, 2.05) is 18.2 Å². The van der Waals surface area contributed by atoms with Crippen molar-refractivity contribution in [2.75, 3.05) is 6.54 Å². The fourth-order valence-electron chi connectivity index (χ4n) is 1.97. The van der Waals surface area contributed by atoms with Crippen LogP contribution in [-0.4, -0.2) is 6.54 Å². The summed E-state index contributed by atoms with van der Waals surface area (Å²) >= 11 is 3.34. The van der Waals surface area contributed by atoms with Crippen LogP contribution in [0.25, 0.3) is 0 Å². The highest BCUT2D eigenvalue weighted by Gasteiger charge is 2.04. The van der Waals surface area contributed by atoms with E-state index in [0.717, 1.165) is 35.3 Å². The molecule has 0 amide bonds. The van der Waals surface area contributed by atoms with E-state index in [1.165, 1.54) is 6.07 Å². The molecule has 21 heavy (non-hydrogen) atoms. The van der Waals surface area contributed by atoms with Gasteiger partial charge in [0.25, 0.3) is 0 Å². The highest BCUT2D eigenvalue weighted by molar-refractivity contribution is 9.10. The second kappa shape index (κ2) is 8.15. The maximum Gasteiger partial charge on any atom is 0.129 e. The van der Waals surface area contributed by atoms with Gasteiger partial charge in [-0.05, 0) is 48.9 Å². The molecule has 0 aliphatic rings. The summed E-state index contributed by atoms with van der Waals surface area (Å²) in [6, 6.07) is 12.7. The third-order valence-electron chi connectivity index (χ3n) is 3.06. The zero-order valence-corrected chi connectivity index (χ0v) is 13.6. The first-order valence-corrected chi connectivity index (χ1v) is 7.84. The minimum atomic E-state index is -0.251. The van der Waals surface area contributed by atoms with Gasteiger partial charge in [0.1, 0.15) is 18.2 Å². The summed E-state index contributed by atoms with van der Waals surface area (Å²) in [5.41, 5.74) is 1.70. The van der Waals surface area contributed by atoms with Crippen LogP contribution in [0, 0.1) is 5.82 Å². The Hall–Kier alpha value is -1.39. The van der Waals surface area contributed by atoms with Gasteiger partial charge in [-0.1, -0.05) is 35.0 Å². The van der Waals surface area contributed by atoms with Crippen LogP contribution in [0.15, 0.2) is 46.9 Å². The first-order chi connectivity index (χ1) is 10.2. The van der Waals surface area contributed by atoms with Crippen LogP contribution in [-0.2, 0) is 13.2 Å². The van der Waals surface area contributed by atoms with Crippen molar-refractivity contribution >= 4 is 15.9 Å². The van der Waals surface area contributed by atoms with E-state index >= 15 is 0 Å². The lowest BCUT2D eigenvalue weighted by atomic mass is 10.2. The quantitative estimate of drug-likeness (QED) is 0.732. The normalized spacial score (nSPS) is 10.6. The Bertz CT molecular complexity index is 589. The van der Waals surface area contributed by atoms with E-state index in [4.69, 9.17) is 4.74 Å². The van der Waals surface area contributed by atoms with E-state index in [9.17, 15) is 4.39 Å². The van der Waals surface area contributed by atoms with Crippen molar-refractivity contribution in [3.8, 4) is 5.75 Å². The molecule has 0 heterocycles. The van der Waals surface area contributed by atoms with Crippen molar-refractivity contribution in [3.05, 3.63) is 63.9 Å². The minimum Gasteiger partial charge on any atom is -0.489 e. The molecular formula is C17H19BrFNO. The van der Waals surface area contributed by atoms with E-state index in [0.29, 0.717) is 5.56 Å². The monoisotopic (exact) mass is 351 g/mol. The SMILES string of the molecule is CCCNCc1cccc(OCc2cc(Br)ccc2F)c1. The number of rotatable bonds is 7. The van der Waals surface area contributed by atoms with Gasteiger partial charge < -0.3 is 10.1 Å². The lowest BCUT2D eigenvalue weighted by Crippen LogP contribution is -2.13. The Kier molecular flexibility index (Phi) is 6.21. The van der Waals surface area contributed by atoms with Crippen molar-refractivity contribution in [2.24, 2.45) is 0 Å². The number of nitrogens with one attached hydrogen (secondary N) is 1. The van der Waals surface area contributed by atoms with E-state index in [2.05, 4.69) is 34.2 Å². The van der Waals surface area contributed by atoms with E-state index in [1.54, 1.807) is 12.1 Å². The molecule has 1 N–H and O–H groups in total. The summed E-state index contributed by atoms with van der Waals surface area (Å²) < 4.78 is 20.2. The summed E-state index contributed by atoms with van der Waals surface area (Å²) in [5.74, 6) is 0.504. The van der Waals surface area contributed by atoms with Crippen LogP contribution >= 0.6 is 15.9 Å². The van der Waals surface area contributed by atoms with Crippen molar-refractivity contribution in [1.82, 2.24) is 5.32 Å². The smallest absolute Gasteiger partial charge is 0.129 e. The maximum atomic E-state index is 13.6. The van der Waals surface area contributed by atoms with Gasteiger partial charge in [-0.15, -0.1) is 0 Å². The van der Waals surface area contributed by atoms with Crippen LogP contribution < -0.4 is 10.1 Å². The Balaban J connectivity index is 1.96. The van der Waals surface area contributed by atoms with E-state index < -0.39 is 0 Å². The lowest BCUT2D eigenvalue weighted by Gasteiger charge is -2.09. The van der Waals surface area contributed by atoms with Crippen molar-refractivity contribution in [3.63, 3.8) is 0 Å². The summed E-state index contributed by atoms with van der Waals surface area (Å²) in [6.07, 6.45) is 1.11. The van der Waals surface area contributed by atoms with Crippen LogP contribution in [0.2, 0.25) is 0 Å². The molecule has 0 aliphatic carbocycles. The Morgan fingerprint density at radius 3 is 2.86 bits per heavy atom. The molecule has 4 heteroatoms. The molecule has 0 bridgehead atoms. The first-order valence-electron chi connectivity index (χ1n) is 7.05. The third-order valence-corrected chi connectivity index (χ3v) is 3.55. The number of hydrogen-bond acceptors (Lipinski definition) is 2. The van der Waals surface area contributed by atoms with Gasteiger partial charge in [-0.25, -0.2) is 4.39 Å². The second-order valence-electron chi connectivity index (χ2n) is 4.85.